The van der Waals surface area contributed by atoms with Crippen LogP contribution < -0.4 is 9.62 Å². The van der Waals surface area contributed by atoms with Crippen molar-refractivity contribution in [3.63, 3.8) is 0 Å². The van der Waals surface area contributed by atoms with Gasteiger partial charge in [0, 0.05) is 22.9 Å². The lowest BCUT2D eigenvalue weighted by atomic mass is 10.1. The van der Waals surface area contributed by atoms with Crippen molar-refractivity contribution >= 4 is 59.1 Å². The molecule has 0 saturated carbocycles. The van der Waals surface area contributed by atoms with Gasteiger partial charge in [-0.2, -0.15) is 0 Å². The minimum absolute atomic E-state index is 0.100. The topological polar surface area (TPSA) is 79.4 Å². The summed E-state index contributed by atoms with van der Waals surface area (Å²) in [5.74, 6) is -0.100. The Kier molecular flexibility index (Phi) is 3.68. The molecule has 140 valence electrons. The molecule has 8 heteroatoms. The lowest BCUT2D eigenvalue weighted by Gasteiger charge is -2.15. The lowest BCUT2D eigenvalue weighted by molar-refractivity contribution is 0.0994. The van der Waals surface area contributed by atoms with E-state index in [0.717, 1.165) is 15.9 Å². The third-order valence-electron chi connectivity index (χ3n) is 4.87. The molecule has 2 heterocycles. The minimum atomic E-state index is -3.87. The molecule has 0 atom stereocenters. The zero-order valence-electron chi connectivity index (χ0n) is 14.8. The van der Waals surface area contributed by atoms with E-state index < -0.39 is 10.0 Å². The van der Waals surface area contributed by atoms with Gasteiger partial charge in [0.25, 0.3) is 15.9 Å². The Balaban J connectivity index is 1.65. The first-order valence-corrected chi connectivity index (χ1v) is 11.1. The number of sulfonamides is 1. The maximum atomic E-state index is 13.1. The first kappa shape index (κ1) is 17.2. The largest absolute Gasteiger partial charge is 0.308 e. The number of rotatable bonds is 4. The number of para-hydroxylation sites is 1. The standard InChI is InChI=1S/C20H15N3O3S2/c1-2-23-15-10-11-17(12-6-5-7-13(18(12)15)19(23)24)28(25,26)22-20-21-14-8-3-4-9-16(14)27-20/h3-11H,2H2,1H3,(H,21,22). The summed E-state index contributed by atoms with van der Waals surface area (Å²) in [6.07, 6.45) is 0. The molecule has 0 unspecified atom stereocenters. The second-order valence-electron chi connectivity index (χ2n) is 6.45. The van der Waals surface area contributed by atoms with E-state index in [1.807, 2.05) is 31.2 Å². The molecule has 6 nitrogen and oxygen atoms in total. The molecular formula is C20H15N3O3S2. The van der Waals surface area contributed by atoms with Crippen molar-refractivity contribution in [3.8, 4) is 0 Å². The van der Waals surface area contributed by atoms with Crippen molar-refractivity contribution in [2.45, 2.75) is 11.8 Å². The van der Waals surface area contributed by atoms with Crippen LogP contribution in [0.5, 0.6) is 0 Å². The fraction of sp³-hybridized carbons (Fsp3) is 0.100. The molecular weight excluding hydrogens is 394 g/mol. The summed E-state index contributed by atoms with van der Waals surface area (Å²) in [4.78, 5) is 18.8. The van der Waals surface area contributed by atoms with Gasteiger partial charge in [0.2, 0.25) is 0 Å². The van der Waals surface area contributed by atoms with Gasteiger partial charge in [0.05, 0.1) is 20.8 Å². The summed E-state index contributed by atoms with van der Waals surface area (Å²) in [7, 11) is -3.87. The van der Waals surface area contributed by atoms with Crippen LogP contribution in [0.1, 0.15) is 17.3 Å². The number of hydrogen-bond donors (Lipinski definition) is 1. The van der Waals surface area contributed by atoms with Gasteiger partial charge < -0.3 is 4.90 Å². The van der Waals surface area contributed by atoms with Gasteiger partial charge in [-0.3, -0.25) is 9.52 Å². The summed E-state index contributed by atoms with van der Waals surface area (Å²) >= 11 is 1.28. The quantitative estimate of drug-likeness (QED) is 0.547. The minimum Gasteiger partial charge on any atom is -0.308 e. The second-order valence-corrected chi connectivity index (χ2v) is 9.13. The van der Waals surface area contributed by atoms with Gasteiger partial charge in [0.1, 0.15) is 0 Å². The Bertz CT molecular complexity index is 1340. The van der Waals surface area contributed by atoms with Crippen molar-refractivity contribution in [1.82, 2.24) is 4.98 Å². The summed E-state index contributed by atoms with van der Waals surface area (Å²) in [5.41, 5.74) is 2.03. The van der Waals surface area contributed by atoms with Crippen molar-refractivity contribution in [1.29, 1.82) is 0 Å². The third-order valence-corrected chi connectivity index (χ3v) is 7.34. The highest BCUT2D eigenvalue weighted by Crippen LogP contribution is 2.40. The van der Waals surface area contributed by atoms with Crippen LogP contribution >= 0.6 is 11.3 Å². The Hall–Kier alpha value is -2.97. The molecule has 1 aromatic heterocycles. The number of carbonyl (C=O) groups is 1. The third kappa shape index (κ3) is 2.42. The van der Waals surface area contributed by atoms with Crippen LogP contribution in [0.4, 0.5) is 10.8 Å². The summed E-state index contributed by atoms with van der Waals surface area (Å²) < 4.78 is 29.8. The molecule has 28 heavy (non-hydrogen) atoms. The molecule has 0 saturated heterocycles. The highest BCUT2D eigenvalue weighted by molar-refractivity contribution is 7.93. The number of benzene rings is 3. The average molecular weight is 409 g/mol. The molecule has 0 spiro atoms. The number of amides is 1. The van der Waals surface area contributed by atoms with Gasteiger partial charge in [0.15, 0.2) is 5.13 Å². The Morgan fingerprint density at radius 2 is 1.89 bits per heavy atom. The van der Waals surface area contributed by atoms with Crippen molar-refractivity contribution in [2.24, 2.45) is 0 Å². The summed E-state index contributed by atoms with van der Waals surface area (Å²) in [6, 6.07) is 15.9. The molecule has 1 aliphatic heterocycles. The van der Waals surface area contributed by atoms with Gasteiger partial charge in [-0.1, -0.05) is 35.6 Å². The normalized spacial score (nSPS) is 13.6. The van der Waals surface area contributed by atoms with E-state index in [0.29, 0.717) is 28.0 Å². The van der Waals surface area contributed by atoms with Crippen LogP contribution in [0, 0.1) is 0 Å². The molecule has 1 N–H and O–H groups in total. The molecule has 4 aromatic rings. The van der Waals surface area contributed by atoms with E-state index >= 15 is 0 Å². The number of carbonyl (C=O) groups excluding carboxylic acids is 1. The zero-order valence-corrected chi connectivity index (χ0v) is 16.5. The molecule has 0 bridgehead atoms. The first-order valence-electron chi connectivity index (χ1n) is 8.75. The van der Waals surface area contributed by atoms with Gasteiger partial charge in [-0.15, -0.1) is 0 Å². The van der Waals surface area contributed by atoms with Crippen LogP contribution in [-0.4, -0.2) is 25.9 Å². The fourth-order valence-electron chi connectivity index (χ4n) is 3.65. The molecule has 3 aromatic carbocycles. The van der Waals surface area contributed by atoms with E-state index in [2.05, 4.69) is 9.71 Å². The number of anilines is 2. The average Bonchev–Trinajstić information content (AvgIpc) is 3.20. The maximum absolute atomic E-state index is 13.1. The van der Waals surface area contributed by atoms with Crippen LogP contribution in [-0.2, 0) is 10.0 Å². The van der Waals surface area contributed by atoms with E-state index in [9.17, 15) is 13.2 Å². The molecule has 5 rings (SSSR count). The van der Waals surface area contributed by atoms with Crippen molar-refractivity contribution in [2.75, 3.05) is 16.2 Å². The number of nitrogens with one attached hydrogen (secondary N) is 1. The summed E-state index contributed by atoms with van der Waals surface area (Å²) in [5, 5.41) is 1.53. The number of nitrogens with zero attached hydrogens (tertiary/aromatic N) is 2. The lowest BCUT2D eigenvalue weighted by Crippen LogP contribution is -2.25. The van der Waals surface area contributed by atoms with Gasteiger partial charge >= 0.3 is 0 Å². The van der Waals surface area contributed by atoms with E-state index in [1.54, 1.807) is 35.2 Å². The predicted octanol–water partition coefficient (Wildman–Crippen LogP) is 4.23. The Morgan fingerprint density at radius 1 is 1.07 bits per heavy atom. The van der Waals surface area contributed by atoms with E-state index in [4.69, 9.17) is 0 Å². The van der Waals surface area contributed by atoms with Crippen LogP contribution in [0.25, 0.3) is 21.0 Å². The summed E-state index contributed by atoms with van der Waals surface area (Å²) in [6.45, 7) is 2.42. The highest BCUT2D eigenvalue weighted by Gasteiger charge is 2.31. The monoisotopic (exact) mass is 409 g/mol. The van der Waals surface area contributed by atoms with Crippen molar-refractivity contribution in [3.05, 3.63) is 60.2 Å². The molecule has 0 fully saturated rings. The molecule has 0 radical (unpaired) electrons. The van der Waals surface area contributed by atoms with E-state index in [-0.39, 0.29) is 10.8 Å². The smallest absolute Gasteiger partial charge is 0.264 e. The number of aromatic nitrogens is 1. The number of thiazole rings is 1. The van der Waals surface area contributed by atoms with Gasteiger partial charge in [-0.05, 0) is 37.3 Å². The molecule has 1 aliphatic rings. The van der Waals surface area contributed by atoms with Crippen LogP contribution in [0.3, 0.4) is 0 Å². The number of fused-ring (bicyclic) bond motifs is 1. The van der Waals surface area contributed by atoms with Crippen LogP contribution in [0.2, 0.25) is 0 Å². The maximum Gasteiger partial charge on any atom is 0.264 e. The second kappa shape index (κ2) is 6.02. The molecule has 1 amide bonds. The zero-order chi connectivity index (χ0) is 19.5. The SMILES string of the molecule is CCN1C(=O)c2cccc3c(S(=O)(=O)Nc4nc5ccccc5s4)ccc1c23. The number of hydrogen-bond acceptors (Lipinski definition) is 5. The fourth-order valence-corrected chi connectivity index (χ4v) is 5.96. The van der Waals surface area contributed by atoms with Gasteiger partial charge in [-0.25, -0.2) is 13.4 Å². The Morgan fingerprint density at radius 3 is 2.68 bits per heavy atom. The predicted molar refractivity (Wildman–Crippen MR) is 112 cm³/mol. The first-order chi connectivity index (χ1) is 13.5. The Labute approximate surface area is 165 Å². The van der Waals surface area contributed by atoms with Crippen LogP contribution in [0.15, 0.2) is 59.5 Å². The van der Waals surface area contributed by atoms with Crippen molar-refractivity contribution < 1.29 is 13.2 Å². The molecule has 0 aliphatic carbocycles. The van der Waals surface area contributed by atoms with E-state index in [1.165, 1.54) is 11.3 Å². The highest BCUT2D eigenvalue weighted by atomic mass is 32.2.